The van der Waals surface area contributed by atoms with Crippen LogP contribution in [0.2, 0.25) is 0 Å². The second kappa shape index (κ2) is 5.02. The molecule has 3 rings (SSSR count). The molecule has 1 heterocycles. The fourth-order valence-electron chi connectivity index (χ4n) is 2.00. The monoisotopic (exact) mass is 251 g/mol. The van der Waals surface area contributed by atoms with E-state index >= 15 is 0 Å². The first-order chi connectivity index (χ1) is 9.33. The first kappa shape index (κ1) is 11.6. The second-order valence-electron chi connectivity index (χ2n) is 4.42. The Balaban J connectivity index is 1.98. The molecule has 0 N–H and O–H groups in total. The molecule has 0 atom stereocenters. The van der Waals surface area contributed by atoms with Crippen LogP contribution in [0.1, 0.15) is 5.56 Å². The number of amidine groups is 1. The van der Waals surface area contributed by atoms with Gasteiger partial charge in [0.25, 0.3) is 6.67 Å². The minimum atomic E-state index is 0.653. The van der Waals surface area contributed by atoms with Gasteiger partial charge in [0.05, 0.1) is 5.69 Å². The lowest BCUT2D eigenvalue weighted by Gasteiger charge is -2.18. The van der Waals surface area contributed by atoms with E-state index < -0.39 is 0 Å². The molecule has 94 valence electrons. The van der Waals surface area contributed by atoms with Gasteiger partial charge in [-0.2, -0.15) is 0 Å². The van der Waals surface area contributed by atoms with Crippen LogP contribution < -0.4 is 5.01 Å². The third kappa shape index (κ3) is 2.52. The summed E-state index contributed by atoms with van der Waals surface area (Å²) in [5, 5.41) is 11.0. The van der Waals surface area contributed by atoms with Crippen LogP contribution in [0.4, 0.5) is 5.69 Å². The number of hydrogen-bond donors (Lipinski definition) is 0. The molecule has 4 heteroatoms. The van der Waals surface area contributed by atoms with Crippen LogP contribution in [-0.4, -0.2) is 24.2 Å². The zero-order chi connectivity index (χ0) is 13.1. The van der Waals surface area contributed by atoms with Gasteiger partial charge in [-0.15, -0.1) is 9.80 Å². The Morgan fingerprint density at radius 1 is 0.947 bits per heavy atom. The molecule has 1 aliphatic heterocycles. The Kier molecular flexibility index (Phi) is 3.06. The summed E-state index contributed by atoms with van der Waals surface area (Å²) >= 11 is 0. The van der Waals surface area contributed by atoms with Gasteiger partial charge in [-0.05, 0) is 12.1 Å². The molecule has 0 spiro atoms. The standard InChI is InChI=1S/C15H15N4/c1-18-12-19(14-10-6-3-7-11-14)17-15(16-18)13-8-4-2-5-9-13/h2-11H,12H2,1H3/q+1. The lowest BCUT2D eigenvalue weighted by atomic mass is 10.2. The molecule has 0 fully saturated rings. The first-order valence-corrected chi connectivity index (χ1v) is 6.22. The molecule has 0 saturated heterocycles. The molecular formula is C15H15N4+. The van der Waals surface area contributed by atoms with E-state index in [1.807, 2.05) is 77.4 Å². The predicted octanol–water partition coefficient (Wildman–Crippen LogP) is 2.92. The summed E-state index contributed by atoms with van der Waals surface area (Å²) in [5.41, 5.74) is 2.09. The predicted molar refractivity (Wildman–Crippen MR) is 75.4 cm³/mol. The van der Waals surface area contributed by atoms with Gasteiger partial charge < -0.3 is 0 Å². The van der Waals surface area contributed by atoms with E-state index in [-0.39, 0.29) is 0 Å². The first-order valence-electron chi connectivity index (χ1n) is 6.22. The fraction of sp³-hybridized carbons (Fsp3) is 0.133. The van der Waals surface area contributed by atoms with E-state index in [0.29, 0.717) is 6.67 Å². The Hall–Kier alpha value is -2.49. The number of para-hydroxylation sites is 1. The Morgan fingerprint density at radius 2 is 1.58 bits per heavy atom. The van der Waals surface area contributed by atoms with E-state index in [1.54, 1.807) is 0 Å². The average molecular weight is 251 g/mol. The highest BCUT2D eigenvalue weighted by Gasteiger charge is 2.20. The van der Waals surface area contributed by atoms with Crippen molar-refractivity contribution in [3.05, 3.63) is 66.2 Å². The second-order valence-corrected chi connectivity index (χ2v) is 4.42. The van der Waals surface area contributed by atoms with Gasteiger partial charge in [-0.3, -0.25) is 0 Å². The van der Waals surface area contributed by atoms with Gasteiger partial charge in [-0.25, -0.2) is 5.01 Å². The number of benzene rings is 2. The summed E-state index contributed by atoms with van der Waals surface area (Å²) in [6.07, 6.45) is 0. The molecule has 2 aromatic carbocycles. The van der Waals surface area contributed by atoms with Crippen molar-refractivity contribution in [1.82, 2.24) is 0 Å². The Morgan fingerprint density at radius 3 is 2.26 bits per heavy atom. The molecule has 0 aromatic heterocycles. The smallest absolute Gasteiger partial charge is 0.201 e. The van der Waals surface area contributed by atoms with Crippen LogP contribution in [0, 0.1) is 0 Å². The maximum absolute atomic E-state index is 4.61. The van der Waals surface area contributed by atoms with Crippen LogP contribution in [0.5, 0.6) is 0 Å². The highest BCUT2D eigenvalue weighted by molar-refractivity contribution is 5.99. The topological polar surface area (TPSA) is 31.0 Å². The Labute approximate surface area is 112 Å². The van der Waals surface area contributed by atoms with Crippen LogP contribution in [0.3, 0.4) is 0 Å². The fourth-order valence-corrected chi connectivity index (χ4v) is 2.00. The molecule has 0 unspecified atom stereocenters. The normalized spacial score (nSPS) is 14.9. The summed E-state index contributed by atoms with van der Waals surface area (Å²) in [6.45, 7) is 0.653. The van der Waals surface area contributed by atoms with Crippen LogP contribution in [-0.2, 0) is 0 Å². The van der Waals surface area contributed by atoms with Gasteiger partial charge in [0.15, 0.2) is 7.05 Å². The quantitative estimate of drug-likeness (QED) is 0.755. The summed E-state index contributed by atoms with van der Waals surface area (Å²) < 4.78 is 1.89. The van der Waals surface area contributed by atoms with Crippen molar-refractivity contribution < 1.29 is 4.70 Å². The summed E-state index contributed by atoms with van der Waals surface area (Å²) in [6, 6.07) is 20.1. The van der Waals surface area contributed by atoms with Crippen molar-refractivity contribution in [3.63, 3.8) is 0 Å². The van der Waals surface area contributed by atoms with E-state index in [9.17, 15) is 0 Å². The zero-order valence-corrected chi connectivity index (χ0v) is 10.8. The molecule has 0 bridgehead atoms. The van der Waals surface area contributed by atoms with Crippen molar-refractivity contribution in [1.29, 1.82) is 0 Å². The molecule has 2 aromatic rings. The third-order valence-corrected chi connectivity index (χ3v) is 2.91. The van der Waals surface area contributed by atoms with Crippen molar-refractivity contribution in [2.45, 2.75) is 0 Å². The maximum atomic E-state index is 4.61. The lowest BCUT2D eigenvalue weighted by molar-refractivity contribution is -0.561. The molecule has 0 radical (unpaired) electrons. The summed E-state index contributed by atoms with van der Waals surface area (Å²) in [5.74, 6) is 0.734. The summed E-state index contributed by atoms with van der Waals surface area (Å²) in [7, 11) is 1.95. The number of hydrazone groups is 1. The average Bonchev–Trinajstić information content (AvgIpc) is 2.48. The van der Waals surface area contributed by atoms with Gasteiger partial charge in [-0.1, -0.05) is 48.5 Å². The molecule has 4 nitrogen and oxygen atoms in total. The van der Waals surface area contributed by atoms with E-state index in [1.165, 1.54) is 0 Å². The molecule has 1 aliphatic rings. The van der Waals surface area contributed by atoms with Gasteiger partial charge in [0, 0.05) is 10.7 Å². The number of hydrogen-bond acceptors (Lipinski definition) is 3. The highest BCUT2D eigenvalue weighted by atomic mass is 15.6. The highest BCUT2D eigenvalue weighted by Crippen LogP contribution is 2.17. The molecule has 0 aliphatic carbocycles. The zero-order valence-electron chi connectivity index (χ0n) is 10.8. The minimum Gasteiger partial charge on any atom is -0.201 e. The van der Waals surface area contributed by atoms with Crippen molar-refractivity contribution in [2.75, 3.05) is 18.7 Å². The van der Waals surface area contributed by atoms with E-state index in [2.05, 4.69) is 10.2 Å². The van der Waals surface area contributed by atoms with Gasteiger partial charge in [0.1, 0.15) is 0 Å². The van der Waals surface area contributed by atoms with Crippen molar-refractivity contribution in [3.8, 4) is 0 Å². The van der Waals surface area contributed by atoms with Gasteiger partial charge in [0.2, 0.25) is 5.84 Å². The molecule has 0 amide bonds. The summed E-state index contributed by atoms with van der Waals surface area (Å²) in [4.78, 5) is 0. The van der Waals surface area contributed by atoms with Crippen molar-refractivity contribution >= 4 is 11.5 Å². The van der Waals surface area contributed by atoms with E-state index in [0.717, 1.165) is 17.1 Å². The van der Waals surface area contributed by atoms with E-state index in [4.69, 9.17) is 0 Å². The number of nitrogens with zero attached hydrogens (tertiary/aromatic N) is 4. The van der Waals surface area contributed by atoms with Crippen LogP contribution in [0.15, 0.2) is 70.9 Å². The minimum absolute atomic E-state index is 0.653. The maximum Gasteiger partial charge on any atom is 0.262 e. The molecule has 19 heavy (non-hydrogen) atoms. The van der Waals surface area contributed by atoms with Crippen LogP contribution in [0.25, 0.3) is 0 Å². The van der Waals surface area contributed by atoms with Crippen molar-refractivity contribution in [2.24, 2.45) is 10.2 Å². The third-order valence-electron chi connectivity index (χ3n) is 2.91. The lowest BCUT2D eigenvalue weighted by Crippen LogP contribution is -2.31. The molecular weight excluding hydrogens is 236 g/mol. The van der Waals surface area contributed by atoms with Gasteiger partial charge >= 0.3 is 0 Å². The number of rotatable bonds is 2. The number of anilines is 1. The number of azo groups is 2. The largest absolute Gasteiger partial charge is 0.262 e. The van der Waals surface area contributed by atoms with Crippen LogP contribution >= 0.6 is 0 Å². The molecule has 0 saturated carbocycles. The SMILES string of the molecule is C[N+]1=NC(c2ccccc2)=NN(c2ccccc2)C1. The Bertz CT molecular complexity index is 617.